The van der Waals surface area contributed by atoms with Gasteiger partial charge in [-0.2, -0.15) is 0 Å². The van der Waals surface area contributed by atoms with Crippen LogP contribution in [-0.4, -0.2) is 32.2 Å². The van der Waals surface area contributed by atoms with E-state index in [-0.39, 0.29) is 29.2 Å². The van der Waals surface area contributed by atoms with Crippen LogP contribution in [0.2, 0.25) is 0 Å². The number of carbonyl (C=O) groups excluding carboxylic acids is 1. The summed E-state index contributed by atoms with van der Waals surface area (Å²) >= 11 is 0. The van der Waals surface area contributed by atoms with Crippen LogP contribution in [0.3, 0.4) is 0 Å². The molecule has 18 heavy (non-hydrogen) atoms. The summed E-state index contributed by atoms with van der Waals surface area (Å²) in [7, 11) is 3.89. The molecule has 1 aromatic carbocycles. The number of hydrogen-bond acceptors (Lipinski definition) is 6. The summed E-state index contributed by atoms with van der Waals surface area (Å²) < 4.78 is 14.4. The van der Waals surface area contributed by atoms with Crippen molar-refractivity contribution in [2.45, 2.75) is 6.42 Å². The molecule has 0 bridgehead atoms. The van der Waals surface area contributed by atoms with Crippen molar-refractivity contribution in [3.63, 3.8) is 0 Å². The first-order valence-corrected chi connectivity index (χ1v) is 5.00. The zero-order chi connectivity index (χ0) is 13.7. The molecular formula is C11H13NO6. The van der Waals surface area contributed by atoms with Crippen molar-refractivity contribution in [3.05, 3.63) is 27.8 Å². The van der Waals surface area contributed by atoms with E-state index in [4.69, 9.17) is 9.47 Å². The molecule has 0 aromatic heterocycles. The smallest absolute Gasteiger partial charge is 0.318 e. The Morgan fingerprint density at radius 3 is 2.39 bits per heavy atom. The van der Waals surface area contributed by atoms with Crippen molar-refractivity contribution in [1.82, 2.24) is 0 Å². The molecular weight excluding hydrogens is 242 g/mol. The maximum atomic E-state index is 11.2. The Bertz CT molecular complexity index is 471. The van der Waals surface area contributed by atoms with Crippen molar-refractivity contribution < 1.29 is 23.9 Å². The van der Waals surface area contributed by atoms with E-state index in [0.29, 0.717) is 0 Å². The van der Waals surface area contributed by atoms with Crippen molar-refractivity contribution in [2.24, 2.45) is 0 Å². The van der Waals surface area contributed by atoms with Crippen LogP contribution in [0.15, 0.2) is 12.1 Å². The van der Waals surface area contributed by atoms with Gasteiger partial charge in [0.1, 0.15) is 0 Å². The van der Waals surface area contributed by atoms with Gasteiger partial charge < -0.3 is 14.2 Å². The molecule has 0 atom stereocenters. The molecule has 0 saturated heterocycles. The molecule has 7 heteroatoms. The van der Waals surface area contributed by atoms with Crippen LogP contribution in [0.4, 0.5) is 5.69 Å². The number of carbonyl (C=O) groups is 1. The third kappa shape index (κ3) is 2.68. The molecule has 98 valence electrons. The molecule has 0 saturated carbocycles. The molecule has 1 rings (SSSR count). The number of rotatable bonds is 5. The summed E-state index contributed by atoms with van der Waals surface area (Å²) in [6.07, 6.45) is -0.201. The lowest BCUT2D eigenvalue weighted by molar-refractivity contribution is -0.386. The molecule has 0 radical (unpaired) electrons. The van der Waals surface area contributed by atoms with Crippen LogP contribution >= 0.6 is 0 Å². The van der Waals surface area contributed by atoms with Gasteiger partial charge in [-0.05, 0) is 12.1 Å². The lowest BCUT2D eigenvalue weighted by Gasteiger charge is -2.10. The molecule has 0 unspecified atom stereocenters. The molecule has 0 amide bonds. The van der Waals surface area contributed by atoms with Crippen LogP contribution in [-0.2, 0) is 16.0 Å². The largest absolute Gasteiger partial charge is 0.493 e. The second-order valence-corrected chi connectivity index (χ2v) is 3.32. The number of nitro benzene ring substituents is 1. The molecule has 0 aliphatic carbocycles. The highest BCUT2D eigenvalue weighted by molar-refractivity contribution is 5.76. The van der Waals surface area contributed by atoms with Gasteiger partial charge in [0.05, 0.1) is 32.7 Å². The number of nitro groups is 1. The fourth-order valence-corrected chi connectivity index (χ4v) is 1.52. The minimum atomic E-state index is -0.611. The van der Waals surface area contributed by atoms with Crippen LogP contribution < -0.4 is 9.47 Å². The second-order valence-electron chi connectivity index (χ2n) is 3.32. The van der Waals surface area contributed by atoms with Crippen LogP contribution in [0, 0.1) is 10.1 Å². The minimum Gasteiger partial charge on any atom is -0.493 e. The number of esters is 1. The van der Waals surface area contributed by atoms with Crippen molar-refractivity contribution in [2.75, 3.05) is 21.3 Å². The summed E-state index contributed by atoms with van der Waals surface area (Å²) in [5.74, 6) is -0.341. The van der Waals surface area contributed by atoms with Crippen molar-refractivity contribution >= 4 is 11.7 Å². The number of ether oxygens (including phenoxy) is 3. The van der Waals surface area contributed by atoms with Crippen molar-refractivity contribution in [3.8, 4) is 11.5 Å². The van der Waals surface area contributed by atoms with E-state index >= 15 is 0 Å². The lowest BCUT2D eigenvalue weighted by Crippen LogP contribution is -2.08. The highest BCUT2D eigenvalue weighted by Gasteiger charge is 2.26. The average Bonchev–Trinajstić information content (AvgIpc) is 2.37. The summed E-state index contributed by atoms with van der Waals surface area (Å²) in [5, 5.41) is 11.1. The predicted octanol–water partition coefficient (Wildman–Crippen LogP) is 1.33. The average molecular weight is 255 g/mol. The van der Waals surface area contributed by atoms with E-state index < -0.39 is 10.9 Å². The number of methoxy groups -OCH3 is 3. The van der Waals surface area contributed by atoms with Gasteiger partial charge >= 0.3 is 11.7 Å². The molecule has 0 aliphatic heterocycles. The fraction of sp³-hybridized carbons (Fsp3) is 0.364. The minimum absolute atomic E-state index is 0.0103. The van der Waals surface area contributed by atoms with Gasteiger partial charge in [0.15, 0.2) is 5.75 Å². The Hall–Kier alpha value is -2.31. The molecule has 0 aliphatic rings. The van der Waals surface area contributed by atoms with E-state index in [1.54, 1.807) is 0 Å². The summed E-state index contributed by atoms with van der Waals surface area (Å²) in [4.78, 5) is 21.6. The van der Waals surface area contributed by atoms with Crippen molar-refractivity contribution in [1.29, 1.82) is 0 Å². The van der Waals surface area contributed by atoms with E-state index in [2.05, 4.69) is 4.74 Å². The highest BCUT2D eigenvalue weighted by Crippen LogP contribution is 2.39. The van der Waals surface area contributed by atoms with E-state index in [1.165, 1.54) is 33.5 Å². The van der Waals surface area contributed by atoms with Crippen LogP contribution in [0.25, 0.3) is 0 Å². The summed E-state index contributed by atoms with van der Waals surface area (Å²) in [6.45, 7) is 0. The van der Waals surface area contributed by atoms with Gasteiger partial charge in [0.2, 0.25) is 5.75 Å². The zero-order valence-electron chi connectivity index (χ0n) is 10.3. The number of nitrogens with zero attached hydrogens (tertiary/aromatic N) is 1. The molecule has 0 fully saturated rings. The lowest BCUT2D eigenvalue weighted by atomic mass is 10.1. The first-order valence-electron chi connectivity index (χ1n) is 5.00. The number of benzene rings is 1. The van der Waals surface area contributed by atoms with Gasteiger partial charge in [-0.3, -0.25) is 14.9 Å². The quantitative estimate of drug-likeness (QED) is 0.448. The van der Waals surface area contributed by atoms with E-state index in [1.807, 2.05) is 0 Å². The Morgan fingerprint density at radius 2 is 1.94 bits per heavy atom. The van der Waals surface area contributed by atoms with E-state index in [0.717, 1.165) is 0 Å². The fourth-order valence-electron chi connectivity index (χ4n) is 1.52. The molecule has 0 spiro atoms. The SMILES string of the molecule is COC(=O)Cc1ccc(OC)c(OC)c1[N+](=O)[O-]. The van der Waals surface area contributed by atoms with E-state index in [9.17, 15) is 14.9 Å². The Labute approximate surface area is 103 Å². The maximum Gasteiger partial charge on any atom is 0.318 e. The highest BCUT2D eigenvalue weighted by atomic mass is 16.6. The number of hydrogen-bond donors (Lipinski definition) is 0. The van der Waals surface area contributed by atoms with Gasteiger partial charge in [0.25, 0.3) is 0 Å². The molecule has 1 aromatic rings. The Kier molecular flexibility index (Phi) is 4.47. The second kappa shape index (κ2) is 5.85. The Balaban J connectivity index is 3.34. The van der Waals surface area contributed by atoms with Gasteiger partial charge in [0, 0.05) is 5.56 Å². The van der Waals surface area contributed by atoms with Gasteiger partial charge in [-0.15, -0.1) is 0 Å². The summed E-state index contributed by atoms with van der Waals surface area (Å²) in [5.41, 5.74) is -0.0771. The first-order chi connectivity index (χ1) is 8.54. The topological polar surface area (TPSA) is 87.9 Å². The first kappa shape index (κ1) is 13.8. The monoisotopic (exact) mass is 255 g/mol. The normalized spacial score (nSPS) is 9.72. The Morgan fingerprint density at radius 1 is 1.28 bits per heavy atom. The molecule has 0 N–H and O–H groups in total. The van der Waals surface area contributed by atoms with Gasteiger partial charge in [-0.1, -0.05) is 0 Å². The molecule has 7 nitrogen and oxygen atoms in total. The third-order valence-corrected chi connectivity index (χ3v) is 2.35. The molecule has 0 heterocycles. The van der Waals surface area contributed by atoms with Gasteiger partial charge in [-0.25, -0.2) is 0 Å². The zero-order valence-corrected chi connectivity index (χ0v) is 10.3. The predicted molar refractivity (Wildman–Crippen MR) is 61.9 cm³/mol. The summed E-state index contributed by atoms with van der Waals surface area (Å²) in [6, 6.07) is 2.94. The third-order valence-electron chi connectivity index (χ3n) is 2.35. The maximum absolute atomic E-state index is 11.2. The standard InChI is InChI=1S/C11H13NO6/c1-16-8-5-4-7(6-9(13)17-2)10(12(14)15)11(8)18-3/h4-5H,6H2,1-3H3. The van der Waals surface area contributed by atoms with Crippen LogP contribution in [0.5, 0.6) is 11.5 Å². The van der Waals surface area contributed by atoms with Crippen LogP contribution in [0.1, 0.15) is 5.56 Å².